The molecule has 1 unspecified atom stereocenters. The van der Waals surface area contributed by atoms with Gasteiger partial charge in [0.2, 0.25) is 0 Å². The summed E-state index contributed by atoms with van der Waals surface area (Å²) < 4.78 is 0. The number of nitrogens with one attached hydrogen (secondary N) is 1. The SMILES string of the molecule is CCC(C)N(C)CCCc1ccnc(NC2=NC/C=C\C(c3ccncc3)=NCS2)c1. The van der Waals surface area contributed by atoms with Crippen LogP contribution in [0.4, 0.5) is 5.82 Å². The maximum Gasteiger partial charge on any atom is 0.164 e. The van der Waals surface area contributed by atoms with Crippen molar-refractivity contribution in [3.05, 3.63) is 66.1 Å². The van der Waals surface area contributed by atoms with Gasteiger partial charge >= 0.3 is 0 Å². The second-order valence-corrected chi connectivity index (χ2v) is 8.55. The minimum atomic E-state index is 0.593. The van der Waals surface area contributed by atoms with E-state index in [1.807, 2.05) is 30.5 Å². The summed E-state index contributed by atoms with van der Waals surface area (Å²) in [6.45, 7) is 6.22. The van der Waals surface area contributed by atoms with Crippen molar-refractivity contribution in [1.29, 1.82) is 0 Å². The van der Waals surface area contributed by atoms with Crippen LogP contribution in [0.25, 0.3) is 0 Å². The molecular weight excluding hydrogens is 404 g/mol. The zero-order valence-corrected chi connectivity index (χ0v) is 19.5. The molecule has 3 heterocycles. The van der Waals surface area contributed by atoms with E-state index in [2.05, 4.69) is 58.2 Å². The molecule has 1 atom stereocenters. The lowest BCUT2D eigenvalue weighted by atomic mass is 10.1. The third-order valence-corrected chi connectivity index (χ3v) is 6.17. The van der Waals surface area contributed by atoms with E-state index in [0.29, 0.717) is 18.5 Å². The fourth-order valence-electron chi connectivity index (χ4n) is 3.22. The fraction of sp³-hybridized carbons (Fsp3) is 0.417. The predicted octanol–water partition coefficient (Wildman–Crippen LogP) is 4.66. The highest BCUT2D eigenvalue weighted by molar-refractivity contribution is 8.14. The number of thioether (sulfide) groups is 1. The summed E-state index contributed by atoms with van der Waals surface area (Å²) in [5.74, 6) is 1.43. The highest BCUT2D eigenvalue weighted by Crippen LogP contribution is 2.15. The lowest BCUT2D eigenvalue weighted by Crippen LogP contribution is -2.29. The van der Waals surface area contributed by atoms with Gasteiger partial charge in [0, 0.05) is 30.2 Å². The van der Waals surface area contributed by atoms with Crippen LogP contribution in [0.5, 0.6) is 0 Å². The van der Waals surface area contributed by atoms with Gasteiger partial charge in [0.1, 0.15) is 5.82 Å². The largest absolute Gasteiger partial charge is 0.320 e. The molecule has 0 saturated carbocycles. The van der Waals surface area contributed by atoms with Crippen molar-refractivity contribution in [2.24, 2.45) is 9.98 Å². The van der Waals surface area contributed by atoms with Gasteiger partial charge in [0.05, 0.1) is 18.1 Å². The maximum atomic E-state index is 4.72. The Bertz CT molecular complexity index is 909. The van der Waals surface area contributed by atoms with Crippen LogP contribution in [-0.2, 0) is 6.42 Å². The molecule has 2 aromatic heterocycles. The Kier molecular flexibility index (Phi) is 9.24. The van der Waals surface area contributed by atoms with Crippen molar-refractivity contribution >= 4 is 28.5 Å². The monoisotopic (exact) mass is 436 g/mol. The number of aliphatic imine (C=N–C) groups is 2. The fourth-order valence-corrected chi connectivity index (χ4v) is 3.89. The number of aromatic nitrogens is 2. The number of amidine groups is 1. The number of anilines is 1. The average Bonchev–Trinajstić information content (AvgIpc) is 2.91. The Hall–Kier alpha value is -2.51. The lowest BCUT2D eigenvalue weighted by Gasteiger charge is -2.23. The highest BCUT2D eigenvalue weighted by atomic mass is 32.2. The molecule has 1 N–H and O–H groups in total. The van der Waals surface area contributed by atoms with Crippen LogP contribution in [-0.4, -0.2) is 57.8 Å². The van der Waals surface area contributed by atoms with Gasteiger partial charge < -0.3 is 10.2 Å². The normalized spacial score (nSPS) is 16.5. The number of pyridine rings is 2. The molecule has 0 amide bonds. The number of nitrogens with zero attached hydrogens (tertiary/aromatic N) is 5. The number of allylic oxidation sites excluding steroid dienone is 1. The van der Waals surface area contributed by atoms with Crippen LogP contribution in [0.3, 0.4) is 0 Å². The Labute approximate surface area is 190 Å². The molecule has 31 heavy (non-hydrogen) atoms. The lowest BCUT2D eigenvalue weighted by molar-refractivity contribution is 0.249. The summed E-state index contributed by atoms with van der Waals surface area (Å²) in [7, 11) is 2.21. The number of hydrogen-bond acceptors (Lipinski definition) is 7. The topological polar surface area (TPSA) is 65.8 Å². The predicted molar refractivity (Wildman–Crippen MR) is 133 cm³/mol. The van der Waals surface area contributed by atoms with Crippen molar-refractivity contribution in [2.75, 3.05) is 31.3 Å². The van der Waals surface area contributed by atoms with Gasteiger partial charge in [-0.3, -0.25) is 15.0 Å². The van der Waals surface area contributed by atoms with E-state index in [1.54, 1.807) is 24.2 Å². The van der Waals surface area contributed by atoms with E-state index in [0.717, 1.165) is 41.6 Å². The Balaban J connectivity index is 1.56. The van der Waals surface area contributed by atoms with Crippen molar-refractivity contribution < 1.29 is 0 Å². The third kappa shape index (κ3) is 7.60. The number of hydrogen-bond donors (Lipinski definition) is 1. The van der Waals surface area contributed by atoms with Crippen molar-refractivity contribution in [2.45, 2.75) is 39.2 Å². The summed E-state index contributed by atoms with van der Waals surface area (Å²) in [5, 5.41) is 4.21. The Morgan fingerprint density at radius 3 is 2.81 bits per heavy atom. The first-order valence-corrected chi connectivity index (χ1v) is 11.8. The molecule has 0 spiro atoms. The van der Waals surface area contributed by atoms with Crippen LogP contribution in [0.15, 0.2) is 65.0 Å². The third-order valence-electron chi connectivity index (χ3n) is 5.41. The first kappa shape index (κ1) is 23.2. The highest BCUT2D eigenvalue weighted by Gasteiger charge is 2.08. The van der Waals surface area contributed by atoms with Gasteiger partial charge in [-0.1, -0.05) is 24.8 Å². The van der Waals surface area contributed by atoms with Crippen molar-refractivity contribution in [1.82, 2.24) is 14.9 Å². The zero-order chi connectivity index (χ0) is 21.9. The van der Waals surface area contributed by atoms with E-state index in [4.69, 9.17) is 4.99 Å². The summed E-state index contributed by atoms with van der Waals surface area (Å²) in [4.78, 5) is 20.4. The van der Waals surface area contributed by atoms with Crippen LogP contribution < -0.4 is 5.32 Å². The van der Waals surface area contributed by atoms with E-state index in [1.165, 1.54) is 12.0 Å². The molecule has 0 saturated heterocycles. The van der Waals surface area contributed by atoms with Gasteiger partial charge in [0.15, 0.2) is 5.17 Å². The minimum Gasteiger partial charge on any atom is -0.320 e. The summed E-state index contributed by atoms with van der Waals surface area (Å²) in [6, 6.07) is 8.80. The van der Waals surface area contributed by atoms with Crippen LogP contribution in [0, 0.1) is 0 Å². The Morgan fingerprint density at radius 2 is 2.00 bits per heavy atom. The maximum absolute atomic E-state index is 4.72. The smallest absolute Gasteiger partial charge is 0.164 e. The zero-order valence-electron chi connectivity index (χ0n) is 18.7. The van der Waals surface area contributed by atoms with Gasteiger partial charge in [0.25, 0.3) is 0 Å². The molecule has 0 aromatic carbocycles. The molecule has 6 nitrogen and oxygen atoms in total. The molecular formula is C24H32N6S. The molecule has 0 bridgehead atoms. The molecule has 2 aromatic rings. The first-order valence-electron chi connectivity index (χ1n) is 10.9. The van der Waals surface area contributed by atoms with E-state index < -0.39 is 0 Å². The number of rotatable bonds is 8. The Morgan fingerprint density at radius 1 is 1.16 bits per heavy atom. The quantitative estimate of drug-likeness (QED) is 0.652. The van der Waals surface area contributed by atoms with Gasteiger partial charge in [-0.15, -0.1) is 0 Å². The molecule has 1 aliphatic rings. The molecule has 0 fully saturated rings. The van der Waals surface area contributed by atoms with E-state index >= 15 is 0 Å². The summed E-state index contributed by atoms with van der Waals surface area (Å²) in [6.07, 6.45) is 12.9. The van der Waals surface area contributed by atoms with Crippen LogP contribution in [0.1, 0.15) is 37.8 Å². The van der Waals surface area contributed by atoms with Crippen LogP contribution in [0.2, 0.25) is 0 Å². The standard InChI is InChI=1S/C24H32N6S/c1-4-19(2)30(3)16-6-7-20-9-15-26-23(17-20)29-24-27-12-5-8-22(28-18-31-24)21-10-13-25-14-11-21/h5,8-11,13-15,17,19H,4,6-7,12,16,18H2,1-3H3,(H,26,27,29)/b8-5-,28-22?. The molecule has 164 valence electrons. The summed E-state index contributed by atoms with van der Waals surface area (Å²) >= 11 is 1.59. The second kappa shape index (κ2) is 12.4. The molecule has 1 aliphatic heterocycles. The molecule has 0 radical (unpaired) electrons. The first-order chi connectivity index (χ1) is 15.2. The van der Waals surface area contributed by atoms with Gasteiger partial charge in [-0.05, 0) is 75.7 Å². The summed E-state index contributed by atoms with van der Waals surface area (Å²) in [5.41, 5.74) is 3.31. The van der Waals surface area contributed by atoms with Crippen molar-refractivity contribution in [3.63, 3.8) is 0 Å². The van der Waals surface area contributed by atoms with Crippen LogP contribution >= 0.6 is 11.8 Å². The van der Waals surface area contributed by atoms with Gasteiger partial charge in [-0.25, -0.2) is 4.98 Å². The number of aryl methyl sites for hydroxylation is 1. The van der Waals surface area contributed by atoms with Crippen molar-refractivity contribution in [3.8, 4) is 0 Å². The average molecular weight is 437 g/mol. The van der Waals surface area contributed by atoms with E-state index in [9.17, 15) is 0 Å². The molecule has 3 rings (SSSR count). The van der Waals surface area contributed by atoms with E-state index in [-0.39, 0.29) is 0 Å². The van der Waals surface area contributed by atoms with Gasteiger partial charge in [-0.2, -0.15) is 0 Å². The second-order valence-electron chi connectivity index (χ2n) is 7.62. The minimum absolute atomic E-state index is 0.593. The molecule has 0 aliphatic carbocycles. The molecule has 7 heteroatoms.